The number of aryl methyl sites for hydroxylation is 1. The van der Waals surface area contributed by atoms with E-state index in [0.717, 1.165) is 12.1 Å². The summed E-state index contributed by atoms with van der Waals surface area (Å²) >= 11 is 8.86. The van der Waals surface area contributed by atoms with Gasteiger partial charge in [-0.3, -0.25) is 0 Å². The maximum Gasteiger partial charge on any atom is 0.146 e. The molecular weight excluding hydrogens is 341 g/mol. The predicted octanol–water partition coefficient (Wildman–Crippen LogP) is 5.55. The van der Waals surface area contributed by atoms with E-state index < -0.39 is 22.3 Å². The van der Waals surface area contributed by atoms with Gasteiger partial charge in [0.2, 0.25) is 0 Å². The highest BCUT2D eigenvalue weighted by molar-refractivity contribution is 9.09. The van der Waals surface area contributed by atoms with Crippen molar-refractivity contribution >= 4 is 27.5 Å². The second kappa shape index (κ2) is 5.55. The minimum Gasteiger partial charge on any atom is -0.207 e. The second-order valence-electron chi connectivity index (χ2n) is 4.13. The Bertz CT molecular complexity index is 628. The predicted molar refractivity (Wildman–Crippen MR) is 73.3 cm³/mol. The van der Waals surface area contributed by atoms with Gasteiger partial charge in [-0.1, -0.05) is 39.7 Å². The van der Waals surface area contributed by atoms with E-state index in [1.807, 2.05) is 0 Å². The Hall–Kier alpha value is -1.00. The van der Waals surface area contributed by atoms with Crippen LogP contribution in [0.4, 0.5) is 13.2 Å². The minimum atomic E-state index is -0.804. The van der Waals surface area contributed by atoms with Gasteiger partial charge in [0.15, 0.2) is 0 Å². The topological polar surface area (TPSA) is 0 Å². The van der Waals surface area contributed by atoms with E-state index in [2.05, 4.69) is 15.9 Å². The number of benzene rings is 2. The van der Waals surface area contributed by atoms with Crippen molar-refractivity contribution in [2.24, 2.45) is 0 Å². The Balaban J connectivity index is 2.53. The molecule has 2 aromatic carbocycles. The van der Waals surface area contributed by atoms with E-state index in [9.17, 15) is 13.2 Å². The van der Waals surface area contributed by atoms with Crippen LogP contribution in [0.15, 0.2) is 30.3 Å². The summed E-state index contributed by atoms with van der Waals surface area (Å²) in [5.74, 6) is -1.78. The fourth-order valence-corrected chi connectivity index (χ4v) is 2.63. The van der Waals surface area contributed by atoms with Crippen molar-refractivity contribution in [1.82, 2.24) is 0 Å². The van der Waals surface area contributed by atoms with Crippen LogP contribution >= 0.6 is 27.5 Å². The van der Waals surface area contributed by atoms with Crippen molar-refractivity contribution in [3.05, 3.63) is 69.5 Å². The molecule has 0 aliphatic rings. The molecule has 0 saturated carbocycles. The van der Waals surface area contributed by atoms with E-state index in [-0.39, 0.29) is 21.7 Å². The highest BCUT2D eigenvalue weighted by Gasteiger charge is 2.21. The van der Waals surface area contributed by atoms with Crippen molar-refractivity contribution in [1.29, 1.82) is 0 Å². The Morgan fingerprint density at radius 3 is 2.42 bits per heavy atom. The molecule has 0 aromatic heterocycles. The zero-order chi connectivity index (χ0) is 14.2. The summed E-state index contributed by atoms with van der Waals surface area (Å²) in [6.07, 6.45) is 0. The summed E-state index contributed by atoms with van der Waals surface area (Å²) in [5.41, 5.74) is 0.395. The minimum absolute atomic E-state index is 0.0317. The smallest absolute Gasteiger partial charge is 0.146 e. The third-order valence-corrected chi connectivity index (χ3v) is 4.08. The van der Waals surface area contributed by atoms with Crippen molar-refractivity contribution < 1.29 is 13.2 Å². The molecule has 0 N–H and O–H groups in total. The molecule has 100 valence electrons. The van der Waals surface area contributed by atoms with Crippen LogP contribution in [0.25, 0.3) is 0 Å². The standard InChI is InChI=1S/C14H9BrClF3/c1-7-5-12(18)9(6-11(7)17)13(15)8-3-2-4-10(16)14(8)19/h2-6,13H,1H3. The van der Waals surface area contributed by atoms with E-state index in [4.69, 9.17) is 11.6 Å². The van der Waals surface area contributed by atoms with Crippen molar-refractivity contribution in [3.8, 4) is 0 Å². The number of hydrogen-bond acceptors (Lipinski definition) is 0. The van der Waals surface area contributed by atoms with Crippen molar-refractivity contribution in [3.63, 3.8) is 0 Å². The number of alkyl halides is 1. The van der Waals surface area contributed by atoms with Crippen LogP contribution in [0.1, 0.15) is 21.5 Å². The molecule has 2 rings (SSSR count). The van der Waals surface area contributed by atoms with Crippen LogP contribution < -0.4 is 0 Å². The molecule has 0 amide bonds. The lowest BCUT2D eigenvalue weighted by molar-refractivity contribution is 0.576. The lowest BCUT2D eigenvalue weighted by Gasteiger charge is -2.14. The molecule has 0 heterocycles. The van der Waals surface area contributed by atoms with Crippen LogP contribution in [-0.4, -0.2) is 0 Å². The quantitative estimate of drug-likeness (QED) is 0.624. The second-order valence-corrected chi connectivity index (χ2v) is 5.45. The van der Waals surface area contributed by atoms with Gasteiger partial charge in [0, 0.05) is 11.1 Å². The van der Waals surface area contributed by atoms with Gasteiger partial charge < -0.3 is 0 Å². The Labute approximate surface area is 122 Å². The van der Waals surface area contributed by atoms with E-state index in [1.165, 1.54) is 19.1 Å². The van der Waals surface area contributed by atoms with Crippen LogP contribution in [0, 0.1) is 24.4 Å². The maximum atomic E-state index is 13.9. The molecule has 19 heavy (non-hydrogen) atoms. The molecule has 0 bridgehead atoms. The third kappa shape index (κ3) is 2.79. The lowest BCUT2D eigenvalue weighted by atomic mass is 10.0. The Morgan fingerprint density at radius 2 is 1.74 bits per heavy atom. The molecule has 0 nitrogen and oxygen atoms in total. The number of hydrogen-bond donors (Lipinski definition) is 0. The summed E-state index contributed by atoms with van der Waals surface area (Å²) in [6.45, 7) is 1.46. The largest absolute Gasteiger partial charge is 0.207 e. The summed E-state index contributed by atoms with van der Waals surface area (Å²) < 4.78 is 41.2. The van der Waals surface area contributed by atoms with Crippen LogP contribution in [0.2, 0.25) is 5.02 Å². The molecular formula is C14H9BrClF3. The number of rotatable bonds is 2. The normalized spacial score (nSPS) is 12.5. The van der Waals surface area contributed by atoms with Gasteiger partial charge in [-0.15, -0.1) is 0 Å². The fourth-order valence-electron chi connectivity index (χ4n) is 1.74. The zero-order valence-electron chi connectivity index (χ0n) is 9.85. The molecule has 1 atom stereocenters. The van der Waals surface area contributed by atoms with Gasteiger partial charge in [-0.2, -0.15) is 0 Å². The fraction of sp³-hybridized carbons (Fsp3) is 0.143. The molecule has 1 unspecified atom stereocenters. The summed E-state index contributed by atoms with van der Waals surface area (Å²) in [5, 5.41) is -0.0602. The highest BCUT2D eigenvalue weighted by Crippen LogP contribution is 2.36. The van der Waals surface area contributed by atoms with Gasteiger partial charge in [0.05, 0.1) is 9.85 Å². The Morgan fingerprint density at radius 1 is 1.05 bits per heavy atom. The molecule has 0 aliphatic carbocycles. The average molecular weight is 350 g/mol. The van der Waals surface area contributed by atoms with Gasteiger partial charge in [-0.05, 0) is 30.7 Å². The SMILES string of the molecule is Cc1cc(F)c(C(Br)c2cccc(Cl)c2F)cc1F. The zero-order valence-corrected chi connectivity index (χ0v) is 12.2. The summed E-state index contributed by atoms with van der Waals surface area (Å²) in [4.78, 5) is -0.804. The molecule has 0 fully saturated rings. The third-order valence-electron chi connectivity index (χ3n) is 2.81. The molecule has 2 aromatic rings. The first-order valence-electron chi connectivity index (χ1n) is 5.45. The first kappa shape index (κ1) is 14.4. The highest BCUT2D eigenvalue weighted by atomic mass is 79.9. The molecule has 0 aliphatic heterocycles. The van der Waals surface area contributed by atoms with Crippen molar-refractivity contribution in [2.45, 2.75) is 11.8 Å². The lowest BCUT2D eigenvalue weighted by Crippen LogP contribution is -2.02. The molecule has 0 saturated heterocycles. The molecule has 0 radical (unpaired) electrons. The Kier molecular flexibility index (Phi) is 4.21. The van der Waals surface area contributed by atoms with Gasteiger partial charge in [-0.25, -0.2) is 13.2 Å². The molecule has 0 spiro atoms. The molecule has 5 heteroatoms. The maximum absolute atomic E-state index is 13.9. The number of halogens is 5. The first-order chi connectivity index (χ1) is 8.91. The van der Waals surface area contributed by atoms with E-state index >= 15 is 0 Å². The first-order valence-corrected chi connectivity index (χ1v) is 6.74. The summed E-state index contributed by atoms with van der Waals surface area (Å²) in [7, 11) is 0. The van der Waals surface area contributed by atoms with E-state index in [1.54, 1.807) is 6.07 Å². The van der Waals surface area contributed by atoms with Crippen LogP contribution in [0.3, 0.4) is 0 Å². The van der Waals surface area contributed by atoms with Gasteiger partial charge in [0.25, 0.3) is 0 Å². The monoisotopic (exact) mass is 348 g/mol. The van der Waals surface area contributed by atoms with Gasteiger partial charge >= 0.3 is 0 Å². The summed E-state index contributed by atoms with van der Waals surface area (Å²) in [6, 6.07) is 6.56. The van der Waals surface area contributed by atoms with Crippen molar-refractivity contribution in [2.75, 3.05) is 0 Å². The van der Waals surface area contributed by atoms with Gasteiger partial charge in [0.1, 0.15) is 17.5 Å². The van der Waals surface area contributed by atoms with Crippen LogP contribution in [0.5, 0.6) is 0 Å². The van der Waals surface area contributed by atoms with Crippen LogP contribution in [-0.2, 0) is 0 Å². The van der Waals surface area contributed by atoms with E-state index in [0.29, 0.717) is 0 Å². The average Bonchev–Trinajstić information content (AvgIpc) is 2.36.